The number of benzene rings is 1. The molecule has 8 nitrogen and oxygen atoms in total. The Kier molecular flexibility index (Phi) is 5.00. The van der Waals surface area contributed by atoms with Crippen LogP contribution in [0.4, 0.5) is 5.69 Å². The minimum absolute atomic E-state index is 0.00742. The fourth-order valence-electron chi connectivity index (χ4n) is 4.12. The molecule has 1 aromatic carbocycles. The number of rotatable bonds is 5. The zero-order valence-electron chi connectivity index (χ0n) is 16.6. The highest BCUT2D eigenvalue weighted by molar-refractivity contribution is 5.75. The second-order valence-electron chi connectivity index (χ2n) is 7.75. The first-order valence-electron chi connectivity index (χ1n) is 9.81. The Morgan fingerprint density at radius 3 is 2.90 bits per heavy atom. The van der Waals surface area contributed by atoms with Crippen molar-refractivity contribution >= 4 is 11.6 Å². The third-order valence-corrected chi connectivity index (χ3v) is 5.33. The van der Waals surface area contributed by atoms with Crippen molar-refractivity contribution in [3.63, 3.8) is 0 Å². The molecule has 0 spiro atoms. The molecule has 0 aliphatic heterocycles. The molecular formula is C21H26N6O2. The normalized spacial score (nSPS) is 23.0. The monoisotopic (exact) mass is 394 g/mol. The summed E-state index contributed by atoms with van der Waals surface area (Å²) in [5.41, 5.74) is 14.2. The third kappa shape index (κ3) is 3.83. The molecule has 2 aliphatic carbocycles. The number of anilines is 1. The van der Waals surface area contributed by atoms with E-state index < -0.39 is 0 Å². The number of guanidine groups is 1. The van der Waals surface area contributed by atoms with Gasteiger partial charge in [-0.1, -0.05) is 23.4 Å². The minimum atomic E-state index is -0.00742. The highest BCUT2D eigenvalue weighted by Gasteiger charge is 2.38. The fraction of sp³-hybridized carbons (Fsp3) is 0.381. The van der Waals surface area contributed by atoms with Crippen molar-refractivity contribution in [2.75, 3.05) is 5.73 Å². The van der Waals surface area contributed by atoms with E-state index in [0.29, 0.717) is 23.2 Å². The maximum absolute atomic E-state index is 7.51. The summed E-state index contributed by atoms with van der Waals surface area (Å²) in [7, 11) is 0. The lowest BCUT2D eigenvalue weighted by Gasteiger charge is -2.24. The quantitative estimate of drug-likeness (QED) is 0.348. The molecule has 1 fully saturated rings. The Bertz CT molecular complexity index is 977. The minimum Gasteiger partial charge on any atom is -0.489 e. The average molecular weight is 394 g/mol. The molecule has 1 aromatic heterocycles. The van der Waals surface area contributed by atoms with Gasteiger partial charge in [-0.2, -0.15) is 4.98 Å². The van der Waals surface area contributed by atoms with E-state index >= 15 is 0 Å². The maximum atomic E-state index is 7.51. The van der Waals surface area contributed by atoms with E-state index in [2.05, 4.69) is 27.6 Å². The molecule has 4 rings (SSSR count). The molecule has 8 heteroatoms. The van der Waals surface area contributed by atoms with Crippen molar-refractivity contribution in [3.05, 3.63) is 47.8 Å². The number of hydrogen-bond donors (Lipinski definition) is 4. The van der Waals surface area contributed by atoms with Gasteiger partial charge in [0.2, 0.25) is 0 Å². The van der Waals surface area contributed by atoms with Gasteiger partial charge in [0.25, 0.3) is 5.89 Å². The lowest BCUT2D eigenvalue weighted by molar-refractivity contribution is 0.244. The molecule has 0 bridgehead atoms. The van der Waals surface area contributed by atoms with Gasteiger partial charge in [-0.15, -0.1) is 0 Å². The predicted octanol–water partition coefficient (Wildman–Crippen LogP) is 2.95. The van der Waals surface area contributed by atoms with E-state index in [1.807, 2.05) is 32.1 Å². The molecule has 0 saturated heterocycles. The summed E-state index contributed by atoms with van der Waals surface area (Å²) in [6.45, 7) is 3.91. The molecule has 2 unspecified atom stereocenters. The Morgan fingerprint density at radius 1 is 1.34 bits per heavy atom. The van der Waals surface area contributed by atoms with Crippen LogP contribution in [0.2, 0.25) is 0 Å². The number of nitrogens with one attached hydrogen (secondary N) is 2. The van der Waals surface area contributed by atoms with Gasteiger partial charge in [0.1, 0.15) is 5.75 Å². The van der Waals surface area contributed by atoms with E-state index in [1.54, 1.807) is 6.07 Å². The van der Waals surface area contributed by atoms with E-state index in [1.165, 1.54) is 5.57 Å². The van der Waals surface area contributed by atoms with Gasteiger partial charge in [-0.25, -0.2) is 0 Å². The van der Waals surface area contributed by atoms with Crippen LogP contribution in [-0.2, 0) is 0 Å². The Labute approximate surface area is 169 Å². The maximum Gasteiger partial charge on any atom is 0.258 e. The molecular weight excluding hydrogens is 368 g/mol. The number of fused-ring (bicyclic) bond motifs is 1. The zero-order valence-corrected chi connectivity index (χ0v) is 16.6. The van der Waals surface area contributed by atoms with Crippen LogP contribution < -0.4 is 21.5 Å². The standard InChI is InChI=1S/C21H26N6O2/c1-11(2)28-18-9-6-12(10-16(18)22)20-26-19(27-29-20)15-5-3-4-14-13(15)7-8-17(14)25-21(23)24/h3-6,9-11,13,15,17H,7-8,22H2,1-2H3,(H4,23,24,25)/t13?,15?,17-/m0/s1. The summed E-state index contributed by atoms with van der Waals surface area (Å²) >= 11 is 0. The Hall–Kier alpha value is -3.29. The zero-order chi connectivity index (χ0) is 20.5. The van der Waals surface area contributed by atoms with Crippen LogP contribution in [0, 0.1) is 11.3 Å². The molecule has 3 atom stereocenters. The second-order valence-corrected chi connectivity index (χ2v) is 7.75. The van der Waals surface area contributed by atoms with E-state index in [9.17, 15) is 0 Å². The van der Waals surface area contributed by atoms with Crippen LogP contribution in [0.1, 0.15) is 38.4 Å². The topological polar surface area (TPSA) is 136 Å². The number of nitrogens with two attached hydrogens (primary N) is 2. The number of nitrogens with zero attached hydrogens (tertiary/aromatic N) is 2. The molecule has 1 saturated carbocycles. The fourth-order valence-corrected chi connectivity index (χ4v) is 4.12. The SMILES string of the molecule is CC(C)Oc1ccc(-c2nc(C3C=CC=C4C3CC[C@@H]4NC(=N)N)no2)cc1N. The summed E-state index contributed by atoms with van der Waals surface area (Å²) in [6, 6.07) is 5.57. The lowest BCUT2D eigenvalue weighted by atomic mass is 9.83. The number of nitrogen functional groups attached to an aromatic ring is 1. The first-order chi connectivity index (χ1) is 13.9. The van der Waals surface area contributed by atoms with Gasteiger partial charge in [-0.05, 0) is 56.4 Å². The Balaban J connectivity index is 1.54. The van der Waals surface area contributed by atoms with Crippen LogP contribution in [0.5, 0.6) is 5.75 Å². The van der Waals surface area contributed by atoms with Crippen LogP contribution in [0.25, 0.3) is 11.5 Å². The Morgan fingerprint density at radius 2 is 2.17 bits per heavy atom. The first-order valence-corrected chi connectivity index (χ1v) is 9.81. The molecule has 0 amide bonds. The van der Waals surface area contributed by atoms with Gasteiger partial charge in [-0.3, -0.25) is 5.41 Å². The number of aromatic nitrogens is 2. The van der Waals surface area contributed by atoms with E-state index in [4.69, 9.17) is 26.1 Å². The van der Waals surface area contributed by atoms with Crippen LogP contribution in [-0.4, -0.2) is 28.2 Å². The van der Waals surface area contributed by atoms with Crippen LogP contribution >= 0.6 is 0 Å². The molecule has 29 heavy (non-hydrogen) atoms. The molecule has 0 radical (unpaired) electrons. The predicted molar refractivity (Wildman–Crippen MR) is 111 cm³/mol. The highest BCUT2D eigenvalue weighted by atomic mass is 16.5. The van der Waals surface area contributed by atoms with Gasteiger partial charge in [0, 0.05) is 11.5 Å². The van der Waals surface area contributed by atoms with Crippen molar-refractivity contribution in [3.8, 4) is 17.2 Å². The van der Waals surface area contributed by atoms with Gasteiger partial charge < -0.3 is 26.0 Å². The molecule has 2 aliphatic rings. The largest absolute Gasteiger partial charge is 0.489 e. The molecule has 6 N–H and O–H groups in total. The van der Waals surface area contributed by atoms with Gasteiger partial charge in [0.15, 0.2) is 11.8 Å². The van der Waals surface area contributed by atoms with Crippen molar-refractivity contribution < 1.29 is 9.26 Å². The van der Waals surface area contributed by atoms with Crippen LogP contribution in [0.3, 0.4) is 0 Å². The molecule has 2 aromatic rings. The van der Waals surface area contributed by atoms with Crippen molar-refractivity contribution in [1.29, 1.82) is 5.41 Å². The summed E-state index contributed by atoms with van der Waals surface area (Å²) in [6.07, 6.45) is 8.17. The molecule has 152 valence electrons. The summed E-state index contributed by atoms with van der Waals surface area (Å²) in [5, 5.41) is 14.8. The van der Waals surface area contributed by atoms with Gasteiger partial charge >= 0.3 is 0 Å². The van der Waals surface area contributed by atoms with Gasteiger partial charge in [0.05, 0.1) is 17.8 Å². The number of ether oxygens (including phenoxy) is 1. The summed E-state index contributed by atoms with van der Waals surface area (Å²) in [5.74, 6) is 2.02. The third-order valence-electron chi connectivity index (χ3n) is 5.33. The van der Waals surface area contributed by atoms with Crippen molar-refractivity contribution in [2.45, 2.75) is 44.8 Å². The number of hydrogen-bond acceptors (Lipinski definition) is 6. The highest BCUT2D eigenvalue weighted by Crippen LogP contribution is 2.44. The smallest absolute Gasteiger partial charge is 0.258 e. The van der Waals surface area contributed by atoms with E-state index in [0.717, 1.165) is 18.4 Å². The lowest BCUT2D eigenvalue weighted by Crippen LogP contribution is -2.39. The van der Waals surface area contributed by atoms with Crippen LogP contribution in [0.15, 0.2) is 46.5 Å². The summed E-state index contributed by atoms with van der Waals surface area (Å²) < 4.78 is 11.2. The average Bonchev–Trinajstić information content (AvgIpc) is 3.30. The first kappa shape index (κ1) is 19.0. The van der Waals surface area contributed by atoms with Crippen molar-refractivity contribution in [1.82, 2.24) is 15.5 Å². The number of allylic oxidation sites excluding steroid dienone is 3. The molecule has 1 heterocycles. The van der Waals surface area contributed by atoms with E-state index in [-0.39, 0.29) is 29.9 Å². The summed E-state index contributed by atoms with van der Waals surface area (Å²) in [4.78, 5) is 4.64. The van der Waals surface area contributed by atoms with Crippen molar-refractivity contribution in [2.24, 2.45) is 11.7 Å². The second kappa shape index (κ2) is 7.62.